The molecule has 0 atom stereocenters. The van der Waals surface area contributed by atoms with Gasteiger partial charge in [-0.15, -0.1) is 20.5 Å². The van der Waals surface area contributed by atoms with Gasteiger partial charge in [0.1, 0.15) is 32.7 Å². The van der Waals surface area contributed by atoms with Gasteiger partial charge in [-0.1, -0.05) is 37.5 Å². The number of hydrogen-bond acceptors (Lipinski definition) is 14. The third kappa shape index (κ3) is 10.4. The predicted molar refractivity (Wildman–Crippen MR) is 217 cm³/mol. The molecular formula is C40H38N6Na2O10S2. The van der Waals surface area contributed by atoms with Gasteiger partial charge < -0.3 is 31.2 Å². The summed E-state index contributed by atoms with van der Waals surface area (Å²) in [7, 11) is -9.80. The molecule has 16 nitrogen and oxygen atoms in total. The van der Waals surface area contributed by atoms with Gasteiger partial charge in [-0.05, 0) is 131 Å². The number of fused-ring (bicyclic) bond motifs is 2. The average molecular weight is 873 g/mol. The second-order valence-electron chi connectivity index (χ2n) is 13.4. The van der Waals surface area contributed by atoms with E-state index in [1.54, 1.807) is 38.1 Å². The molecule has 6 aromatic carbocycles. The second-order valence-corrected chi connectivity index (χ2v) is 16.2. The van der Waals surface area contributed by atoms with E-state index in [-0.39, 0.29) is 128 Å². The molecule has 0 spiro atoms. The maximum atomic E-state index is 13.5. The molecule has 0 saturated heterocycles. The van der Waals surface area contributed by atoms with Crippen LogP contribution in [0.1, 0.15) is 37.8 Å². The maximum Gasteiger partial charge on any atom is 1.00 e. The number of rotatable bonds is 13. The van der Waals surface area contributed by atoms with Crippen molar-refractivity contribution in [2.75, 3.05) is 24.7 Å². The molecule has 6 N–H and O–H groups in total. The molecule has 0 radical (unpaired) electrons. The zero-order valence-electron chi connectivity index (χ0n) is 33.7. The average Bonchev–Trinajstić information content (AvgIpc) is 3.16. The van der Waals surface area contributed by atoms with Crippen molar-refractivity contribution >= 4 is 75.9 Å². The van der Waals surface area contributed by atoms with Crippen molar-refractivity contribution in [3.8, 4) is 34.1 Å². The van der Waals surface area contributed by atoms with E-state index in [2.05, 4.69) is 20.5 Å². The summed E-state index contributed by atoms with van der Waals surface area (Å²) in [6, 6.07) is 17.6. The Labute approximate surface area is 390 Å². The van der Waals surface area contributed by atoms with Gasteiger partial charge in [0.05, 0.1) is 24.6 Å². The molecule has 0 aliphatic carbocycles. The molecule has 0 bridgehead atoms. The maximum absolute atomic E-state index is 13.5. The smallest absolute Gasteiger partial charge is 0.871 e. The van der Waals surface area contributed by atoms with Gasteiger partial charge in [-0.3, -0.25) is 9.11 Å². The summed E-state index contributed by atoms with van der Waals surface area (Å²) in [5.41, 5.74) is 14.0. The molecule has 0 saturated carbocycles. The van der Waals surface area contributed by atoms with Crippen molar-refractivity contribution in [2.24, 2.45) is 20.5 Å². The first-order chi connectivity index (χ1) is 27.4. The first kappa shape index (κ1) is 48.3. The minimum Gasteiger partial charge on any atom is -0.871 e. The van der Waals surface area contributed by atoms with Crippen LogP contribution in [0.25, 0.3) is 32.7 Å². The van der Waals surface area contributed by atoms with Crippen molar-refractivity contribution in [1.82, 2.24) is 0 Å². The van der Waals surface area contributed by atoms with Crippen LogP contribution in [0.5, 0.6) is 23.0 Å². The van der Waals surface area contributed by atoms with Gasteiger partial charge in [0, 0.05) is 11.4 Å². The largest absolute Gasteiger partial charge is 1.00 e. The van der Waals surface area contributed by atoms with Crippen LogP contribution in [0.15, 0.2) is 103 Å². The summed E-state index contributed by atoms with van der Waals surface area (Å²) >= 11 is 0. The van der Waals surface area contributed by atoms with Gasteiger partial charge in [0.2, 0.25) is 0 Å². The number of nitrogens with zero attached hydrogens (tertiary/aromatic N) is 4. The Morgan fingerprint density at radius 2 is 0.950 bits per heavy atom. The van der Waals surface area contributed by atoms with Gasteiger partial charge in [0.15, 0.2) is 0 Å². The standard InChI is InChI=1S/C40H40N6O10S2.2Na/c1-5-11-55-33-19-27(21(3)13-31(33)43-45-37-35(57(49,50)51)15-23-7-9-25(41)17-29(23)39(37)47)28-20-34(56-12-6-2)32(14-22(28)4)44-46-38-36(58(52,53)54)16-24-8-10-26(42)18-30(24)40(38)48;;/h7-10,13-20,47-48H,5-6,11-12,41-42H2,1-4H3,(H,49,50,51)(H,52,53,54);;/q;2*+1/p-2. The molecule has 0 unspecified atom stereocenters. The third-order valence-electron chi connectivity index (χ3n) is 9.01. The van der Waals surface area contributed by atoms with E-state index >= 15 is 0 Å². The van der Waals surface area contributed by atoms with Crippen LogP contribution in [0, 0.1) is 13.8 Å². The summed E-state index contributed by atoms with van der Waals surface area (Å²) in [4.78, 5) is -1.44. The number of ether oxygens (including phenoxy) is 2. The summed E-state index contributed by atoms with van der Waals surface area (Å²) in [5.74, 6) is -1.11. The number of azo groups is 2. The SMILES string of the molecule is CCCOc1cc(-c2cc(OCCC)c(N=Nc3c(S(=O)(=O)O)cc4ccc(N)cc4c3[O-])cc2C)c(C)cc1N=Nc1c(S(=O)(=O)O)cc2ccc(N)cc2c1[O-].[Na+].[Na+]. The van der Waals surface area contributed by atoms with Crippen molar-refractivity contribution in [2.45, 2.75) is 50.3 Å². The quantitative estimate of drug-likeness (QED) is 0.0564. The molecule has 0 fully saturated rings. The number of aryl methyl sites for hydroxylation is 2. The first-order valence-electron chi connectivity index (χ1n) is 17.8. The van der Waals surface area contributed by atoms with E-state index < -0.39 is 52.9 Å². The van der Waals surface area contributed by atoms with Crippen LogP contribution in [0.3, 0.4) is 0 Å². The molecule has 0 aliphatic rings. The number of nitrogen functional groups attached to an aromatic ring is 2. The minimum atomic E-state index is -4.90. The Bertz CT molecular complexity index is 2720. The van der Waals surface area contributed by atoms with E-state index in [1.165, 1.54) is 36.4 Å². The van der Waals surface area contributed by atoms with Crippen LogP contribution in [-0.2, 0) is 20.2 Å². The Morgan fingerprint density at radius 1 is 0.583 bits per heavy atom. The molecule has 302 valence electrons. The van der Waals surface area contributed by atoms with Crippen molar-refractivity contribution in [3.05, 3.63) is 83.9 Å². The fourth-order valence-corrected chi connectivity index (χ4v) is 7.53. The summed E-state index contributed by atoms with van der Waals surface area (Å²) < 4.78 is 81.6. The molecule has 0 amide bonds. The summed E-state index contributed by atoms with van der Waals surface area (Å²) in [5, 5.41) is 44.1. The predicted octanol–water partition coefficient (Wildman–Crippen LogP) is 2.50. The van der Waals surface area contributed by atoms with Crippen molar-refractivity contribution in [3.63, 3.8) is 0 Å². The number of anilines is 2. The van der Waals surface area contributed by atoms with E-state index in [1.807, 2.05) is 13.8 Å². The van der Waals surface area contributed by atoms with Gasteiger partial charge in [-0.2, -0.15) is 16.8 Å². The van der Waals surface area contributed by atoms with E-state index in [0.29, 0.717) is 35.1 Å². The molecule has 60 heavy (non-hydrogen) atoms. The fourth-order valence-electron chi connectivity index (χ4n) is 6.22. The summed E-state index contributed by atoms with van der Waals surface area (Å²) in [6.45, 7) is 7.91. The first-order valence-corrected chi connectivity index (χ1v) is 20.7. The number of nitrogens with two attached hydrogens (primary N) is 2. The van der Waals surface area contributed by atoms with Crippen molar-refractivity contribution < 1.29 is 105 Å². The van der Waals surface area contributed by atoms with E-state index in [9.17, 15) is 36.2 Å². The topological polar surface area (TPSA) is 275 Å². The Kier molecular flexibility index (Phi) is 15.8. The zero-order valence-corrected chi connectivity index (χ0v) is 39.3. The number of benzene rings is 6. The van der Waals surface area contributed by atoms with E-state index in [0.717, 1.165) is 12.1 Å². The minimum absolute atomic E-state index is 0. The Balaban J connectivity index is 0.00000397. The third-order valence-corrected chi connectivity index (χ3v) is 10.7. The fraction of sp³-hybridized carbons (Fsp3) is 0.200. The molecule has 0 aromatic heterocycles. The Hall–Kier alpha value is -4.34. The summed E-state index contributed by atoms with van der Waals surface area (Å²) in [6.07, 6.45) is 1.23. The molecule has 6 aromatic rings. The monoisotopic (exact) mass is 872 g/mol. The Morgan fingerprint density at radius 3 is 1.28 bits per heavy atom. The van der Waals surface area contributed by atoms with Gasteiger partial charge >= 0.3 is 59.1 Å². The zero-order chi connectivity index (χ0) is 42.1. The van der Waals surface area contributed by atoms with Crippen molar-refractivity contribution in [1.29, 1.82) is 0 Å². The van der Waals surface area contributed by atoms with Crippen LogP contribution >= 0.6 is 0 Å². The van der Waals surface area contributed by atoms with Gasteiger partial charge in [0.25, 0.3) is 20.2 Å². The molecule has 20 heteroatoms. The van der Waals surface area contributed by atoms with E-state index in [4.69, 9.17) is 20.9 Å². The number of hydrogen-bond donors (Lipinski definition) is 4. The van der Waals surface area contributed by atoms with Gasteiger partial charge in [-0.25, -0.2) is 0 Å². The normalized spacial score (nSPS) is 11.9. The van der Waals surface area contributed by atoms with Crippen LogP contribution in [-0.4, -0.2) is 39.2 Å². The molecular weight excluding hydrogens is 835 g/mol. The van der Waals surface area contributed by atoms with Crippen LogP contribution < -0.4 is 90.3 Å². The van der Waals surface area contributed by atoms with Crippen LogP contribution in [0.2, 0.25) is 0 Å². The second kappa shape index (κ2) is 19.6. The molecule has 0 aliphatic heterocycles. The molecule has 6 rings (SSSR count). The molecule has 0 heterocycles. The van der Waals surface area contributed by atoms with Crippen LogP contribution in [0.4, 0.5) is 34.1 Å².